The molecule has 0 unspecified atom stereocenters. The molecule has 0 radical (unpaired) electrons. The van der Waals surface area contributed by atoms with Crippen molar-refractivity contribution in [1.29, 1.82) is 0 Å². The quantitative estimate of drug-likeness (QED) is 0.676. The van der Waals surface area contributed by atoms with Gasteiger partial charge in [-0.2, -0.15) is 0 Å². The molecule has 0 N–H and O–H groups in total. The van der Waals surface area contributed by atoms with Gasteiger partial charge in [-0.15, -0.1) is 0 Å². The molecule has 0 atom stereocenters. The third kappa shape index (κ3) is 3.20. The van der Waals surface area contributed by atoms with Gasteiger partial charge in [-0.1, -0.05) is 0 Å². The van der Waals surface area contributed by atoms with Crippen molar-refractivity contribution < 1.29 is 23.3 Å². The van der Waals surface area contributed by atoms with Crippen LogP contribution in [0.3, 0.4) is 0 Å². The summed E-state index contributed by atoms with van der Waals surface area (Å²) < 4.78 is 2.23. The first-order chi connectivity index (χ1) is 4.93. The monoisotopic (exact) mass is 344 g/mol. The van der Waals surface area contributed by atoms with E-state index in [4.69, 9.17) is 8.25 Å². The van der Waals surface area contributed by atoms with Crippen LogP contribution in [0.4, 0.5) is 0 Å². The zero-order chi connectivity index (χ0) is 7.23. The van der Waals surface area contributed by atoms with E-state index in [0.29, 0.717) is 0 Å². The molecule has 0 nitrogen and oxygen atoms in total. The average Bonchev–Trinajstić information content (AvgIpc) is 2.03. The van der Waals surface area contributed by atoms with Crippen LogP contribution in [0.5, 0.6) is 0 Å². The van der Waals surface area contributed by atoms with Gasteiger partial charge in [0.1, 0.15) is 0 Å². The normalized spacial score (nSPS) is 18.7. The van der Waals surface area contributed by atoms with Crippen LogP contribution in [0.15, 0.2) is 21.3 Å². The molecule has 0 aromatic carbocycles. The first-order valence-electron chi connectivity index (χ1n) is 3.85. The van der Waals surface area contributed by atoms with Crippen molar-refractivity contribution in [2.75, 3.05) is 0 Å². The minimum atomic E-state index is -0.990. The molecule has 0 aliphatic heterocycles. The van der Waals surface area contributed by atoms with E-state index in [0.717, 1.165) is 0 Å². The number of rotatable bonds is 2. The SMILES string of the molecule is [Cl][Hg][CH]=CC1=CCCCC1. The maximum atomic E-state index is 5.73. The molecule has 0 aromatic heterocycles. The fraction of sp³-hybridized carbons (Fsp3) is 0.500. The first-order valence-corrected chi connectivity index (χ1v) is 13.8. The summed E-state index contributed by atoms with van der Waals surface area (Å²) in [5.41, 5.74) is 1.52. The van der Waals surface area contributed by atoms with E-state index in [2.05, 4.69) is 15.7 Å². The standard InChI is InChI=1S/C8H11.ClH.Hg/c1-2-8-6-4-3-5-7-8;;/h1-2,6H,3-5,7H2;1H;/q;;+1/p-1. The molecule has 0 saturated heterocycles. The van der Waals surface area contributed by atoms with Crippen LogP contribution in [0.2, 0.25) is 0 Å². The fourth-order valence-electron chi connectivity index (χ4n) is 1.21. The Balaban J connectivity index is 2.38. The minimum absolute atomic E-state index is 0.990. The van der Waals surface area contributed by atoms with Gasteiger partial charge < -0.3 is 0 Å². The van der Waals surface area contributed by atoms with Crippen molar-refractivity contribution >= 4 is 8.25 Å². The van der Waals surface area contributed by atoms with Gasteiger partial charge in [-0.05, 0) is 0 Å². The zero-order valence-corrected chi connectivity index (χ0v) is 12.4. The Morgan fingerprint density at radius 1 is 1.50 bits per heavy atom. The van der Waals surface area contributed by atoms with E-state index in [9.17, 15) is 0 Å². The molecule has 1 aliphatic rings. The summed E-state index contributed by atoms with van der Waals surface area (Å²) in [7, 11) is 5.73. The zero-order valence-electron chi connectivity index (χ0n) is 6.15. The summed E-state index contributed by atoms with van der Waals surface area (Å²) in [5, 5.41) is 0. The van der Waals surface area contributed by atoms with Gasteiger partial charge in [-0.25, -0.2) is 0 Å². The van der Waals surface area contributed by atoms with Gasteiger partial charge in [0.25, 0.3) is 0 Å². The van der Waals surface area contributed by atoms with Crippen LogP contribution in [-0.4, -0.2) is 0 Å². The predicted octanol–water partition coefficient (Wildman–Crippen LogP) is 3.24. The van der Waals surface area contributed by atoms with Crippen molar-refractivity contribution in [3.8, 4) is 0 Å². The molecule has 0 spiro atoms. The number of hydrogen-bond donors (Lipinski definition) is 0. The first kappa shape index (κ1) is 8.80. The van der Waals surface area contributed by atoms with E-state index < -0.39 is 23.3 Å². The number of hydrogen-bond acceptors (Lipinski definition) is 0. The Kier molecular flexibility index (Phi) is 4.72. The Morgan fingerprint density at radius 2 is 2.40 bits per heavy atom. The molecule has 1 rings (SSSR count). The second kappa shape index (κ2) is 5.37. The van der Waals surface area contributed by atoms with Crippen molar-refractivity contribution in [3.05, 3.63) is 21.3 Å². The third-order valence-electron chi connectivity index (χ3n) is 1.75. The molecule has 0 fully saturated rings. The summed E-state index contributed by atoms with van der Waals surface area (Å²) in [4.78, 5) is 0. The van der Waals surface area contributed by atoms with Gasteiger partial charge in [0, 0.05) is 0 Å². The molecule has 0 heterocycles. The van der Waals surface area contributed by atoms with E-state index in [1.165, 1.54) is 31.3 Å². The molecule has 10 heavy (non-hydrogen) atoms. The molecule has 2 heteroatoms. The Hall–Kier alpha value is 0.705. The summed E-state index contributed by atoms with van der Waals surface area (Å²) >= 11 is -0.990. The predicted molar refractivity (Wildman–Crippen MR) is 41.5 cm³/mol. The fourth-order valence-corrected chi connectivity index (χ4v) is 3.52. The maximum absolute atomic E-state index is 5.73. The van der Waals surface area contributed by atoms with Crippen LogP contribution in [-0.2, 0) is 23.3 Å². The van der Waals surface area contributed by atoms with Gasteiger partial charge in [0.2, 0.25) is 0 Å². The average molecular weight is 343 g/mol. The van der Waals surface area contributed by atoms with E-state index in [-0.39, 0.29) is 0 Å². The molecule has 52 valence electrons. The van der Waals surface area contributed by atoms with E-state index >= 15 is 0 Å². The molecule has 0 aromatic rings. The second-order valence-corrected chi connectivity index (χ2v) is 8.32. The molecule has 0 saturated carbocycles. The van der Waals surface area contributed by atoms with Crippen LogP contribution in [0.1, 0.15) is 25.7 Å². The molecule has 0 amide bonds. The molecular formula is C8H11ClHg. The Bertz CT molecular complexity index is 149. The summed E-state index contributed by atoms with van der Waals surface area (Å²) in [6.45, 7) is 0. The van der Waals surface area contributed by atoms with Crippen LogP contribution in [0.25, 0.3) is 0 Å². The second-order valence-electron chi connectivity index (χ2n) is 2.58. The topological polar surface area (TPSA) is 0 Å². The van der Waals surface area contributed by atoms with Crippen LogP contribution in [0, 0.1) is 0 Å². The van der Waals surface area contributed by atoms with Crippen molar-refractivity contribution in [1.82, 2.24) is 0 Å². The van der Waals surface area contributed by atoms with Crippen LogP contribution < -0.4 is 0 Å². The summed E-state index contributed by atoms with van der Waals surface area (Å²) in [5.74, 6) is 0. The van der Waals surface area contributed by atoms with Gasteiger partial charge in [-0.3, -0.25) is 0 Å². The van der Waals surface area contributed by atoms with Crippen molar-refractivity contribution in [3.63, 3.8) is 0 Å². The van der Waals surface area contributed by atoms with E-state index in [1.807, 2.05) is 0 Å². The van der Waals surface area contributed by atoms with Gasteiger partial charge in [0.15, 0.2) is 0 Å². The summed E-state index contributed by atoms with van der Waals surface area (Å²) in [6.07, 6.45) is 9.89. The van der Waals surface area contributed by atoms with E-state index in [1.54, 1.807) is 0 Å². The molecule has 0 bridgehead atoms. The Labute approximate surface area is 78.2 Å². The van der Waals surface area contributed by atoms with Crippen LogP contribution >= 0.6 is 8.25 Å². The molecule has 1 aliphatic carbocycles. The molecular weight excluding hydrogens is 332 g/mol. The number of allylic oxidation sites excluding steroid dienone is 3. The van der Waals surface area contributed by atoms with Crippen molar-refractivity contribution in [2.24, 2.45) is 0 Å². The van der Waals surface area contributed by atoms with Gasteiger partial charge >= 0.3 is 78.6 Å². The summed E-state index contributed by atoms with van der Waals surface area (Å²) in [6, 6.07) is 0. The van der Waals surface area contributed by atoms with Gasteiger partial charge in [0.05, 0.1) is 0 Å². The third-order valence-corrected chi connectivity index (χ3v) is 4.92. The Morgan fingerprint density at radius 3 is 3.00 bits per heavy atom. The van der Waals surface area contributed by atoms with Crippen molar-refractivity contribution in [2.45, 2.75) is 25.7 Å². The number of halogens is 1.